The third-order valence-corrected chi connectivity index (χ3v) is 15.4. The Balaban J connectivity index is 1.18. The van der Waals surface area contributed by atoms with Gasteiger partial charge in [-0.2, -0.15) is 0 Å². The first-order chi connectivity index (χ1) is 33.7. The van der Waals surface area contributed by atoms with E-state index in [2.05, 4.69) is 277 Å². The summed E-state index contributed by atoms with van der Waals surface area (Å²) in [5.74, 6) is 0. The molecular weight excluding hydrogens is 846 g/mol. The summed E-state index contributed by atoms with van der Waals surface area (Å²) in [5, 5.41) is 0. The van der Waals surface area contributed by atoms with Crippen LogP contribution in [0, 0.1) is 6.92 Å². The maximum absolute atomic E-state index is 2.64. The second kappa shape index (κ2) is 16.0. The number of rotatable bonds is 6. The van der Waals surface area contributed by atoms with Crippen LogP contribution in [0.3, 0.4) is 0 Å². The first-order valence-electron chi connectivity index (χ1n) is 25.1. The molecule has 9 aromatic carbocycles. The summed E-state index contributed by atoms with van der Waals surface area (Å²) in [5.41, 5.74) is 26.0. The van der Waals surface area contributed by atoms with Crippen molar-refractivity contribution in [2.45, 2.75) is 78.6 Å². The molecular formula is C66H60BN3. The molecule has 9 aromatic rings. The second-order valence-corrected chi connectivity index (χ2v) is 22.3. The average Bonchev–Trinajstić information content (AvgIpc) is 3.60. The Kier molecular flexibility index (Phi) is 9.99. The fourth-order valence-corrected chi connectivity index (χ4v) is 11.8. The van der Waals surface area contributed by atoms with Gasteiger partial charge in [0.1, 0.15) is 0 Å². The van der Waals surface area contributed by atoms with Crippen LogP contribution in [0.1, 0.15) is 83.2 Å². The molecule has 0 N–H and O–H groups in total. The van der Waals surface area contributed by atoms with Gasteiger partial charge in [-0.3, -0.25) is 0 Å². The van der Waals surface area contributed by atoms with Crippen molar-refractivity contribution in [3.05, 3.63) is 228 Å². The number of hydrogen-bond donors (Lipinski definition) is 0. The molecule has 3 nitrogen and oxygen atoms in total. The maximum atomic E-state index is 2.64. The maximum Gasteiger partial charge on any atom is 0.252 e. The Labute approximate surface area is 415 Å². The highest BCUT2D eigenvalue weighted by Gasteiger charge is 2.46. The third-order valence-electron chi connectivity index (χ3n) is 15.4. The van der Waals surface area contributed by atoms with E-state index in [9.17, 15) is 0 Å². The van der Waals surface area contributed by atoms with Gasteiger partial charge in [0.05, 0.1) is 11.4 Å². The van der Waals surface area contributed by atoms with E-state index in [0.717, 1.165) is 17.1 Å². The zero-order chi connectivity index (χ0) is 48.3. The highest BCUT2D eigenvalue weighted by molar-refractivity contribution is 7.00. The SMILES string of the molecule is Cc1cc2c3c(c1)N(c1cccc4c1-c1ccccc1C4(C)C)c1cc(N(c4ccccc4)c4ccccc4-c4ccccc4)ccc1B3c1cc(C(C)(C)C)ccc1N2c1ccc(C(C)(C)C)cc1. The van der Waals surface area contributed by atoms with Gasteiger partial charge < -0.3 is 14.7 Å². The topological polar surface area (TPSA) is 9.72 Å². The van der Waals surface area contributed by atoms with Crippen LogP contribution in [0.2, 0.25) is 0 Å². The van der Waals surface area contributed by atoms with Crippen LogP contribution < -0.4 is 31.1 Å². The molecule has 2 aliphatic heterocycles. The molecule has 0 saturated carbocycles. The molecule has 0 bridgehead atoms. The van der Waals surface area contributed by atoms with Gasteiger partial charge in [-0.15, -0.1) is 0 Å². The predicted octanol–water partition coefficient (Wildman–Crippen LogP) is 16.1. The molecule has 0 saturated heterocycles. The van der Waals surface area contributed by atoms with Crippen LogP contribution >= 0.6 is 0 Å². The number of hydrogen-bond acceptors (Lipinski definition) is 3. The molecule has 0 atom stereocenters. The van der Waals surface area contributed by atoms with Crippen LogP contribution in [-0.2, 0) is 16.2 Å². The van der Waals surface area contributed by atoms with Gasteiger partial charge in [0, 0.05) is 56.4 Å². The molecule has 0 unspecified atom stereocenters. The van der Waals surface area contributed by atoms with E-state index >= 15 is 0 Å². The van der Waals surface area contributed by atoms with E-state index in [4.69, 9.17) is 0 Å². The summed E-state index contributed by atoms with van der Waals surface area (Å²) in [6.07, 6.45) is 0. The summed E-state index contributed by atoms with van der Waals surface area (Å²) in [6.45, 7) is 20.9. The van der Waals surface area contributed by atoms with Gasteiger partial charge in [-0.1, -0.05) is 189 Å². The zero-order valence-electron chi connectivity index (χ0n) is 42.0. The molecule has 342 valence electrons. The van der Waals surface area contributed by atoms with Crippen molar-refractivity contribution in [3.8, 4) is 22.3 Å². The minimum atomic E-state index is -0.166. The van der Waals surface area contributed by atoms with Crippen molar-refractivity contribution < 1.29 is 0 Å². The minimum absolute atomic E-state index is 0.0319. The summed E-state index contributed by atoms with van der Waals surface area (Å²) in [6, 6.07) is 75.5. The zero-order valence-corrected chi connectivity index (χ0v) is 42.0. The molecule has 0 fully saturated rings. The van der Waals surface area contributed by atoms with Crippen molar-refractivity contribution in [2.24, 2.45) is 0 Å². The van der Waals surface area contributed by atoms with E-state index in [1.807, 2.05) is 0 Å². The second-order valence-electron chi connectivity index (χ2n) is 22.3. The number of para-hydroxylation sites is 2. The van der Waals surface area contributed by atoms with Gasteiger partial charge in [-0.05, 0) is 140 Å². The van der Waals surface area contributed by atoms with Gasteiger partial charge in [0.15, 0.2) is 0 Å². The monoisotopic (exact) mass is 905 g/mol. The normalized spacial score (nSPS) is 14.1. The van der Waals surface area contributed by atoms with E-state index in [1.54, 1.807) is 0 Å². The van der Waals surface area contributed by atoms with Crippen molar-refractivity contribution in [3.63, 3.8) is 0 Å². The van der Waals surface area contributed by atoms with Crippen molar-refractivity contribution >= 4 is 74.3 Å². The molecule has 12 rings (SSSR count). The Bertz CT molecular complexity index is 3500. The predicted molar refractivity (Wildman–Crippen MR) is 300 cm³/mol. The van der Waals surface area contributed by atoms with E-state index in [0.29, 0.717) is 0 Å². The van der Waals surface area contributed by atoms with Gasteiger partial charge in [0.2, 0.25) is 0 Å². The summed E-state index contributed by atoms with van der Waals surface area (Å²) in [7, 11) is 0. The molecule has 0 aromatic heterocycles. The summed E-state index contributed by atoms with van der Waals surface area (Å²) in [4.78, 5) is 7.66. The van der Waals surface area contributed by atoms with Gasteiger partial charge in [-0.25, -0.2) is 0 Å². The molecule has 70 heavy (non-hydrogen) atoms. The molecule has 0 radical (unpaired) electrons. The third kappa shape index (κ3) is 6.86. The van der Waals surface area contributed by atoms with Crippen molar-refractivity contribution in [1.29, 1.82) is 0 Å². The van der Waals surface area contributed by atoms with E-state index in [-0.39, 0.29) is 23.0 Å². The Morgan fingerprint density at radius 1 is 0.443 bits per heavy atom. The number of nitrogens with zero attached hydrogens (tertiary/aromatic N) is 3. The first kappa shape index (κ1) is 43.7. The lowest BCUT2D eigenvalue weighted by Gasteiger charge is -2.45. The lowest BCUT2D eigenvalue weighted by Crippen LogP contribution is -2.61. The summed E-state index contributed by atoms with van der Waals surface area (Å²) >= 11 is 0. The molecule has 3 aliphatic rings. The highest BCUT2D eigenvalue weighted by Crippen LogP contribution is 2.56. The van der Waals surface area contributed by atoms with Crippen LogP contribution in [0.4, 0.5) is 51.2 Å². The van der Waals surface area contributed by atoms with Crippen LogP contribution in [0.5, 0.6) is 0 Å². The quantitative estimate of drug-likeness (QED) is 0.154. The van der Waals surface area contributed by atoms with Gasteiger partial charge >= 0.3 is 0 Å². The number of benzene rings is 9. The fraction of sp³-hybridized carbons (Fsp3) is 0.182. The van der Waals surface area contributed by atoms with Crippen molar-refractivity contribution in [2.75, 3.05) is 14.7 Å². The highest BCUT2D eigenvalue weighted by atomic mass is 15.2. The lowest BCUT2D eigenvalue weighted by atomic mass is 9.33. The molecule has 0 spiro atoms. The van der Waals surface area contributed by atoms with E-state index < -0.39 is 0 Å². The number of anilines is 9. The average molecular weight is 906 g/mol. The summed E-state index contributed by atoms with van der Waals surface area (Å²) < 4.78 is 0. The molecule has 0 amide bonds. The smallest absolute Gasteiger partial charge is 0.252 e. The van der Waals surface area contributed by atoms with Gasteiger partial charge in [0.25, 0.3) is 6.71 Å². The fourth-order valence-electron chi connectivity index (χ4n) is 11.8. The van der Waals surface area contributed by atoms with Crippen molar-refractivity contribution in [1.82, 2.24) is 0 Å². The molecule has 4 heteroatoms. The van der Waals surface area contributed by atoms with E-state index in [1.165, 1.54) is 101 Å². The number of aryl methyl sites for hydroxylation is 1. The number of fused-ring (bicyclic) bond motifs is 7. The Morgan fingerprint density at radius 2 is 1.06 bits per heavy atom. The van der Waals surface area contributed by atoms with Crippen LogP contribution in [0.25, 0.3) is 22.3 Å². The largest absolute Gasteiger partial charge is 0.311 e. The minimum Gasteiger partial charge on any atom is -0.311 e. The Morgan fingerprint density at radius 3 is 1.77 bits per heavy atom. The van der Waals surface area contributed by atoms with Crippen LogP contribution in [-0.4, -0.2) is 6.71 Å². The first-order valence-corrected chi connectivity index (χ1v) is 25.1. The Hall–Kier alpha value is -7.56. The lowest BCUT2D eigenvalue weighted by molar-refractivity contribution is 0.590. The van der Waals surface area contributed by atoms with Crippen LogP contribution in [0.15, 0.2) is 200 Å². The molecule has 1 aliphatic carbocycles. The molecule has 2 heterocycles. The standard InChI is InChI=1S/C66H60BN3/c1-43-39-60-63-61(40-43)70(58-30-20-28-53-62(58)51-26-16-18-27-52(51)66(53,8)9)59-42-49(68(47-23-14-11-15-24-47)56-29-19-17-25-50(56)44-21-12-10-13-22-44)36-37-54(59)67(63)55-41-46(65(5,6)7)33-38-57(55)69(60)48-34-31-45(32-35-48)64(2,3)4/h10-42H,1-9H3.